The number of benzene rings is 2. The molecule has 0 saturated heterocycles. The summed E-state index contributed by atoms with van der Waals surface area (Å²) in [5.74, 6) is -0.383. The Balaban J connectivity index is 1.68. The number of hydrogen-bond donors (Lipinski definition) is 2. The number of anilines is 2. The Bertz CT molecular complexity index is 1180. The van der Waals surface area contributed by atoms with Crippen molar-refractivity contribution in [3.05, 3.63) is 94.0 Å². The van der Waals surface area contributed by atoms with Crippen molar-refractivity contribution in [1.82, 2.24) is 5.32 Å². The molecule has 6 nitrogen and oxygen atoms in total. The summed E-state index contributed by atoms with van der Waals surface area (Å²) < 4.78 is 0. The summed E-state index contributed by atoms with van der Waals surface area (Å²) in [6, 6.07) is 23.0. The van der Waals surface area contributed by atoms with E-state index in [0.29, 0.717) is 11.4 Å². The molecule has 3 amide bonds. The number of nitrogens with one attached hydrogen (secondary N) is 2. The monoisotopic (exact) mass is 450 g/mol. The fraction of sp³-hybridized carbons (Fsp3) is 0.0870. The number of fused-ring (bicyclic) bond motifs is 1. The van der Waals surface area contributed by atoms with Crippen molar-refractivity contribution >= 4 is 52.2 Å². The molecular formula is C23H16Cl2N4O2. The summed E-state index contributed by atoms with van der Waals surface area (Å²) >= 11 is 11.9. The molecule has 0 bridgehead atoms. The van der Waals surface area contributed by atoms with Crippen LogP contribution in [-0.2, 0) is 4.79 Å². The van der Waals surface area contributed by atoms with E-state index >= 15 is 0 Å². The van der Waals surface area contributed by atoms with Gasteiger partial charge >= 0.3 is 6.03 Å². The number of amides is 3. The fourth-order valence-corrected chi connectivity index (χ4v) is 3.62. The molecule has 1 aliphatic rings. The van der Waals surface area contributed by atoms with Crippen molar-refractivity contribution in [2.24, 2.45) is 4.99 Å². The molecule has 1 atom stereocenters. The van der Waals surface area contributed by atoms with E-state index in [1.54, 1.807) is 7.05 Å². The molecule has 1 unspecified atom stereocenters. The first kappa shape index (κ1) is 20.7. The number of benzodiazepines with no additional fused rings is 1. The van der Waals surface area contributed by atoms with Gasteiger partial charge in [0.2, 0.25) is 6.17 Å². The van der Waals surface area contributed by atoms with E-state index in [0.717, 1.165) is 11.1 Å². The standard InChI is InChI=1S/C23H16Cl2N4O2/c1-29-19-10-6-5-9-16(19)20(14-7-3-2-4-8-14)27-21(22(29)30)28-23(31)26-18-12-11-15(24)13-17(18)25/h2-10,13,21H,1H3,(H2,26,28,31). The Hall–Kier alpha value is -3.53. The van der Waals surface area contributed by atoms with Crippen molar-refractivity contribution in [1.29, 1.82) is 0 Å². The van der Waals surface area contributed by atoms with Crippen molar-refractivity contribution in [2.45, 2.75) is 6.17 Å². The van der Waals surface area contributed by atoms with E-state index in [2.05, 4.69) is 27.8 Å². The zero-order valence-corrected chi connectivity index (χ0v) is 17.8. The SMILES string of the molecule is CN1C(=O)C(NC(=O)Nc2c#cc(Cl)cc2Cl)N=C(c2ccccc2)c2ccccc21. The van der Waals surface area contributed by atoms with Gasteiger partial charge in [0.25, 0.3) is 5.91 Å². The number of hydrogen-bond acceptors (Lipinski definition) is 3. The van der Waals surface area contributed by atoms with Crippen LogP contribution in [0.15, 0.2) is 65.7 Å². The van der Waals surface area contributed by atoms with Crippen LogP contribution in [0.25, 0.3) is 0 Å². The molecule has 4 rings (SSSR count). The number of halogens is 2. The number of carbonyl (C=O) groups excluding carboxylic acids is 2. The van der Waals surface area contributed by atoms with E-state index in [9.17, 15) is 9.59 Å². The van der Waals surface area contributed by atoms with Gasteiger partial charge in [-0.3, -0.25) is 10.1 Å². The number of para-hydroxylation sites is 1. The lowest BCUT2D eigenvalue weighted by Crippen LogP contribution is -2.47. The molecule has 31 heavy (non-hydrogen) atoms. The lowest BCUT2D eigenvalue weighted by atomic mass is 10.0. The molecule has 154 valence electrons. The first-order valence-corrected chi connectivity index (χ1v) is 10.1. The second-order valence-corrected chi connectivity index (χ2v) is 7.54. The third-order valence-corrected chi connectivity index (χ3v) is 5.20. The first-order chi connectivity index (χ1) is 14.9. The molecule has 0 aliphatic carbocycles. The average Bonchev–Trinajstić information content (AvgIpc) is 2.87. The van der Waals surface area contributed by atoms with Crippen LogP contribution in [0, 0.1) is 12.1 Å². The summed E-state index contributed by atoms with van der Waals surface area (Å²) in [4.78, 5) is 31.8. The highest BCUT2D eigenvalue weighted by Crippen LogP contribution is 2.27. The number of urea groups is 1. The number of likely N-dealkylation sites (N-methyl/N-ethyl adjacent to an activating group) is 1. The van der Waals surface area contributed by atoms with Gasteiger partial charge in [-0.05, 0) is 24.3 Å². The fourth-order valence-electron chi connectivity index (χ4n) is 3.21. The molecule has 0 radical (unpaired) electrons. The highest BCUT2D eigenvalue weighted by molar-refractivity contribution is 6.36. The van der Waals surface area contributed by atoms with Crippen LogP contribution in [0.2, 0.25) is 10.0 Å². The van der Waals surface area contributed by atoms with Gasteiger partial charge in [0.15, 0.2) is 0 Å². The predicted molar refractivity (Wildman–Crippen MR) is 122 cm³/mol. The highest BCUT2D eigenvalue weighted by atomic mass is 35.5. The predicted octanol–water partition coefficient (Wildman–Crippen LogP) is 4.56. The van der Waals surface area contributed by atoms with Crippen LogP contribution >= 0.6 is 23.2 Å². The van der Waals surface area contributed by atoms with E-state index in [4.69, 9.17) is 23.2 Å². The Labute approximate surface area is 189 Å². The van der Waals surface area contributed by atoms with Gasteiger partial charge < -0.3 is 10.2 Å². The van der Waals surface area contributed by atoms with Crippen LogP contribution in [0.1, 0.15) is 11.1 Å². The zero-order chi connectivity index (χ0) is 22.0. The molecular weight excluding hydrogens is 435 g/mol. The topological polar surface area (TPSA) is 73.8 Å². The van der Waals surface area contributed by atoms with Crippen LogP contribution in [0.3, 0.4) is 0 Å². The van der Waals surface area contributed by atoms with E-state index in [-0.39, 0.29) is 21.6 Å². The summed E-state index contributed by atoms with van der Waals surface area (Å²) in [6.45, 7) is 0. The minimum absolute atomic E-state index is 0.188. The van der Waals surface area contributed by atoms with Gasteiger partial charge in [-0.25, -0.2) is 9.79 Å². The first-order valence-electron chi connectivity index (χ1n) is 9.31. The zero-order valence-electron chi connectivity index (χ0n) is 16.3. The highest BCUT2D eigenvalue weighted by Gasteiger charge is 2.31. The van der Waals surface area contributed by atoms with Crippen LogP contribution in [-0.4, -0.2) is 30.9 Å². The Kier molecular flexibility index (Phi) is 5.81. The molecule has 2 N–H and O–H groups in total. The molecule has 3 aromatic rings. The van der Waals surface area contributed by atoms with Crippen molar-refractivity contribution < 1.29 is 9.59 Å². The van der Waals surface area contributed by atoms with Gasteiger partial charge in [0.05, 0.1) is 21.4 Å². The third kappa shape index (κ3) is 4.33. The maximum absolute atomic E-state index is 13.1. The molecule has 1 aliphatic heterocycles. The molecule has 3 aromatic carbocycles. The summed E-state index contributed by atoms with van der Waals surface area (Å²) in [5.41, 5.74) is 3.10. The molecule has 0 spiro atoms. The second kappa shape index (κ2) is 8.68. The van der Waals surface area contributed by atoms with Gasteiger partial charge in [0, 0.05) is 18.2 Å². The van der Waals surface area contributed by atoms with E-state index in [1.165, 1.54) is 11.0 Å². The number of nitrogens with zero attached hydrogens (tertiary/aromatic N) is 2. The number of aliphatic imine (C=N–C) groups is 1. The van der Waals surface area contributed by atoms with Crippen LogP contribution in [0.5, 0.6) is 0 Å². The second-order valence-electron chi connectivity index (χ2n) is 6.72. The third-order valence-electron chi connectivity index (χ3n) is 4.70. The molecule has 0 aromatic heterocycles. The van der Waals surface area contributed by atoms with E-state index < -0.39 is 12.2 Å². The largest absolute Gasteiger partial charge is 0.321 e. The lowest BCUT2D eigenvalue weighted by molar-refractivity contribution is -0.119. The van der Waals surface area contributed by atoms with Crippen molar-refractivity contribution in [2.75, 3.05) is 17.3 Å². The number of rotatable bonds is 3. The maximum atomic E-state index is 13.1. The maximum Gasteiger partial charge on any atom is 0.321 e. The van der Waals surface area contributed by atoms with Crippen molar-refractivity contribution in [3.8, 4) is 0 Å². The smallest absolute Gasteiger partial charge is 0.311 e. The Morgan fingerprint density at radius 1 is 1.06 bits per heavy atom. The Morgan fingerprint density at radius 2 is 1.77 bits per heavy atom. The summed E-state index contributed by atoms with van der Waals surface area (Å²) in [7, 11) is 1.65. The van der Waals surface area contributed by atoms with Crippen molar-refractivity contribution in [3.63, 3.8) is 0 Å². The summed E-state index contributed by atoms with van der Waals surface area (Å²) in [6.07, 6.45) is -1.15. The molecule has 0 saturated carbocycles. The minimum Gasteiger partial charge on any atom is -0.311 e. The molecule has 1 heterocycles. The van der Waals surface area contributed by atoms with Crippen LogP contribution in [0.4, 0.5) is 16.2 Å². The Morgan fingerprint density at radius 3 is 2.52 bits per heavy atom. The van der Waals surface area contributed by atoms with Gasteiger partial charge in [-0.15, -0.1) is 0 Å². The summed E-state index contributed by atoms with van der Waals surface area (Å²) in [5, 5.41) is 5.63. The van der Waals surface area contributed by atoms with Gasteiger partial charge in [-0.1, -0.05) is 71.7 Å². The molecule has 0 fully saturated rings. The van der Waals surface area contributed by atoms with Gasteiger partial charge in [-0.2, -0.15) is 0 Å². The minimum atomic E-state index is -1.15. The van der Waals surface area contributed by atoms with Crippen LogP contribution < -0.4 is 15.5 Å². The van der Waals surface area contributed by atoms with Gasteiger partial charge in [0.1, 0.15) is 5.69 Å². The lowest BCUT2D eigenvalue weighted by Gasteiger charge is -2.21. The quantitative estimate of drug-likeness (QED) is 0.613. The van der Waals surface area contributed by atoms with E-state index in [1.807, 2.05) is 54.6 Å². The normalized spacial score (nSPS) is 15.3. The number of carbonyl (C=O) groups is 2. The molecule has 8 heteroatoms. The average molecular weight is 451 g/mol.